The lowest BCUT2D eigenvalue weighted by Crippen LogP contribution is -2.02. The van der Waals surface area contributed by atoms with E-state index < -0.39 is 0 Å². The van der Waals surface area contributed by atoms with E-state index in [1.54, 1.807) is 6.20 Å². The molecule has 0 saturated carbocycles. The van der Waals surface area contributed by atoms with E-state index >= 15 is 0 Å². The molecule has 0 aliphatic heterocycles. The third-order valence-electron chi connectivity index (χ3n) is 1.37. The van der Waals surface area contributed by atoms with Gasteiger partial charge >= 0.3 is 0 Å². The summed E-state index contributed by atoms with van der Waals surface area (Å²) in [4.78, 5) is 8.28. The number of nitrogens with two attached hydrogens (primary N) is 1. The molecule has 0 fully saturated rings. The number of hydrogen-bond donors (Lipinski definition) is 1. The van der Waals surface area contributed by atoms with Crippen molar-refractivity contribution in [1.29, 1.82) is 0 Å². The Labute approximate surface area is 66.0 Å². The Morgan fingerprint density at radius 1 is 1.55 bits per heavy atom. The summed E-state index contributed by atoms with van der Waals surface area (Å²) in [7, 11) is 0. The molecular formula is C8H11N3. The summed E-state index contributed by atoms with van der Waals surface area (Å²) in [5, 5.41) is 0. The maximum absolute atomic E-state index is 5.47. The van der Waals surface area contributed by atoms with Crippen LogP contribution in [0, 0.1) is 13.8 Å². The van der Waals surface area contributed by atoms with Crippen molar-refractivity contribution in [2.75, 3.05) is 0 Å². The second-order valence-corrected chi connectivity index (χ2v) is 2.47. The van der Waals surface area contributed by atoms with Crippen molar-refractivity contribution in [2.24, 2.45) is 5.73 Å². The lowest BCUT2D eigenvalue weighted by molar-refractivity contribution is 1.03. The first kappa shape index (κ1) is 7.72. The van der Waals surface area contributed by atoms with Crippen LogP contribution in [-0.4, -0.2) is 9.97 Å². The highest BCUT2D eigenvalue weighted by atomic mass is 14.8. The van der Waals surface area contributed by atoms with Crippen molar-refractivity contribution in [3.05, 3.63) is 29.9 Å². The minimum Gasteiger partial charge on any atom is -0.397 e. The smallest absolute Gasteiger partial charge is 0.106 e. The van der Waals surface area contributed by atoms with Gasteiger partial charge in [0.2, 0.25) is 0 Å². The van der Waals surface area contributed by atoms with Gasteiger partial charge in [-0.2, -0.15) is 0 Å². The van der Waals surface area contributed by atoms with Gasteiger partial charge in [0.25, 0.3) is 0 Å². The Hall–Kier alpha value is -1.38. The first-order valence-corrected chi connectivity index (χ1v) is 3.36. The van der Waals surface area contributed by atoms with E-state index in [0.717, 1.165) is 11.4 Å². The van der Waals surface area contributed by atoms with Crippen LogP contribution < -0.4 is 5.73 Å². The van der Waals surface area contributed by atoms with Gasteiger partial charge in [-0.1, -0.05) is 6.58 Å². The Balaban J connectivity index is 3.20. The van der Waals surface area contributed by atoms with Gasteiger partial charge in [-0.25, -0.2) is 0 Å². The molecule has 3 nitrogen and oxygen atoms in total. The van der Waals surface area contributed by atoms with Crippen LogP contribution in [-0.2, 0) is 0 Å². The monoisotopic (exact) mass is 149 g/mol. The topological polar surface area (TPSA) is 51.8 Å². The van der Waals surface area contributed by atoms with Crippen LogP contribution in [0.25, 0.3) is 5.70 Å². The highest BCUT2D eigenvalue weighted by Gasteiger charge is 2.01. The van der Waals surface area contributed by atoms with Crippen LogP contribution in [0.15, 0.2) is 12.8 Å². The van der Waals surface area contributed by atoms with Crippen molar-refractivity contribution in [3.8, 4) is 0 Å². The summed E-state index contributed by atoms with van der Waals surface area (Å²) in [6.45, 7) is 7.35. The first-order chi connectivity index (χ1) is 5.11. The van der Waals surface area contributed by atoms with Crippen LogP contribution in [0.1, 0.15) is 17.1 Å². The second-order valence-electron chi connectivity index (χ2n) is 2.47. The molecule has 0 spiro atoms. The van der Waals surface area contributed by atoms with Crippen molar-refractivity contribution < 1.29 is 0 Å². The zero-order valence-electron chi connectivity index (χ0n) is 6.76. The molecule has 1 aromatic rings. The van der Waals surface area contributed by atoms with Gasteiger partial charge in [0, 0.05) is 6.20 Å². The third-order valence-corrected chi connectivity index (χ3v) is 1.37. The fourth-order valence-electron chi connectivity index (χ4n) is 0.913. The first-order valence-electron chi connectivity index (χ1n) is 3.36. The average molecular weight is 149 g/mol. The number of aryl methyl sites for hydroxylation is 2. The van der Waals surface area contributed by atoms with Gasteiger partial charge < -0.3 is 5.73 Å². The van der Waals surface area contributed by atoms with E-state index in [1.165, 1.54) is 0 Å². The molecule has 0 saturated heterocycles. The number of hydrogen-bond acceptors (Lipinski definition) is 3. The molecule has 3 heteroatoms. The summed E-state index contributed by atoms with van der Waals surface area (Å²) < 4.78 is 0. The van der Waals surface area contributed by atoms with Crippen molar-refractivity contribution in [1.82, 2.24) is 9.97 Å². The van der Waals surface area contributed by atoms with Crippen LogP contribution in [0.4, 0.5) is 0 Å². The molecule has 1 heterocycles. The molecule has 1 rings (SSSR count). The fourth-order valence-corrected chi connectivity index (χ4v) is 0.913. The Morgan fingerprint density at radius 3 is 2.64 bits per heavy atom. The van der Waals surface area contributed by atoms with Crippen LogP contribution in [0.3, 0.4) is 0 Å². The van der Waals surface area contributed by atoms with Gasteiger partial charge in [0.1, 0.15) is 5.69 Å². The summed E-state index contributed by atoms with van der Waals surface area (Å²) in [6, 6.07) is 0. The van der Waals surface area contributed by atoms with Crippen molar-refractivity contribution in [2.45, 2.75) is 13.8 Å². The lowest BCUT2D eigenvalue weighted by Gasteiger charge is -2.02. The highest BCUT2D eigenvalue weighted by molar-refractivity contribution is 5.58. The molecular weight excluding hydrogens is 138 g/mol. The lowest BCUT2D eigenvalue weighted by atomic mass is 10.2. The van der Waals surface area contributed by atoms with Crippen LogP contribution >= 0.6 is 0 Å². The predicted molar refractivity (Wildman–Crippen MR) is 44.7 cm³/mol. The Bertz CT molecular complexity index is 291. The third kappa shape index (κ3) is 1.55. The number of rotatable bonds is 1. The summed E-state index contributed by atoms with van der Waals surface area (Å²) in [5.74, 6) is 0. The van der Waals surface area contributed by atoms with E-state index in [9.17, 15) is 0 Å². The van der Waals surface area contributed by atoms with Crippen LogP contribution in [0.2, 0.25) is 0 Å². The fraction of sp³-hybridized carbons (Fsp3) is 0.250. The molecule has 1 aromatic heterocycles. The highest BCUT2D eigenvalue weighted by Crippen LogP contribution is 2.06. The summed E-state index contributed by atoms with van der Waals surface area (Å²) >= 11 is 0. The largest absolute Gasteiger partial charge is 0.397 e. The standard InChI is InChI=1S/C8H11N3/c1-5-4-10-8(6(2)9)7(3)11-5/h4H,2,9H2,1,3H3. The number of aromatic nitrogens is 2. The van der Waals surface area contributed by atoms with Crippen LogP contribution in [0.5, 0.6) is 0 Å². The summed E-state index contributed by atoms with van der Waals surface area (Å²) in [5.41, 5.74) is 8.35. The van der Waals surface area contributed by atoms with Gasteiger partial charge in [-0.3, -0.25) is 9.97 Å². The molecule has 0 aliphatic rings. The molecule has 0 aliphatic carbocycles. The molecule has 2 N–H and O–H groups in total. The zero-order chi connectivity index (χ0) is 8.43. The van der Waals surface area contributed by atoms with Gasteiger partial charge in [0.05, 0.1) is 17.1 Å². The van der Waals surface area contributed by atoms with Gasteiger partial charge in [0.15, 0.2) is 0 Å². The van der Waals surface area contributed by atoms with Gasteiger partial charge in [-0.05, 0) is 13.8 Å². The molecule has 0 bridgehead atoms. The SMILES string of the molecule is C=C(N)c1ncc(C)nc1C. The molecule has 0 amide bonds. The summed E-state index contributed by atoms with van der Waals surface area (Å²) in [6.07, 6.45) is 1.68. The Kier molecular flexibility index (Phi) is 1.89. The van der Waals surface area contributed by atoms with E-state index in [-0.39, 0.29) is 0 Å². The molecule has 0 atom stereocenters. The molecule has 58 valence electrons. The maximum Gasteiger partial charge on any atom is 0.106 e. The molecule has 0 unspecified atom stereocenters. The zero-order valence-corrected chi connectivity index (χ0v) is 6.76. The minimum absolute atomic E-state index is 0.468. The van der Waals surface area contributed by atoms with Gasteiger partial charge in [-0.15, -0.1) is 0 Å². The second kappa shape index (κ2) is 2.70. The Morgan fingerprint density at radius 2 is 2.18 bits per heavy atom. The van der Waals surface area contributed by atoms with Crippen molar-refractivity contribution >= 4 is 5.70 Å². The number of nitrogens with zero attached hydrogens (tertiary/aromatic N) is 2. The average Bonchev–Trinajstić information content (AvgIpc) is 1.85. The van der Waals surface area contributed by atoms with E-state index in [2.05, 4.69) is 16.5 Å². The molecule has 0 radical (unpaired) electrons. The normalized spacial score (nSPS) is 9.64. The predicted octanol–water partition coefficient (Wildman–Crippen LogP) is 1.02. The van der Waals surface area contributed by atoms with E-state index in [4.69, 9.17) is 5.73 Å². The van der Waals surface area contributed by atoms with Crippen molar-refractivity contribution in [3.63, 3.8) is 0 Å². The van der Waals surface area contributed by atoms with E-state index in [0.29, 0.717) is 11.4 Å². The molecule has 0 aromatic carbocycles. The van der Waals surface area contributed by atoms with E-state index in [1.807, 2.05) is 13.8 Å². The molecule has 11 heavy (non-hydrogen) atoms. The minimum atomic E-state index is 0.468. The quantitative estimate of drug-likeness (QED) is 0.648. The maximum atomic E-state index is 5.47.